The van der Waals surface area contributed by atoms with Gasteiger partial charge in [0, 0.05) is 5.02 Å². The Morgan fingerprint density at radius 3 is 2.37 bits per heavy atom. The quantitative estimate of drug-likeness (QED) is 0.351. The van der Waals surface area contributed by atoms with Crippen LogP contribution in [0.3, 0.4) is 0 Å². The van der Waals surface area contributed by atoms with Crippen molar-refractivity contribution in [2.75, 3.05) is 5.88 Å². The minimum absolute atomic E-state index is 0.0321. The summed E-state index contributed by atoms with van der Waals surface area (Å²) in [6.45, 7) is 1.98. The Balaban J connectivity index is 2.54. The van der Waals surface area contributed by atoms with Gasteiger partial charge in [0.2, 0.25) is 11.0 Å². The van der Waals surface area contributed by atoms with Crippen molar-refractivity contribution in [2.24, 2.45) is 5.11 Å². The summed E-state index contributed by atoms with van der Waals surface area (Å²) >= 11 is 30.8. The molecule has 0 aromatic heterocycles. The molecule has 1 aliphatic rings. The lowest BCUT2D eigenvalue weighted by molar-refractivity contribution is -0.532. The highest BCUT2D eigenvalue weighted by Gasteiger charge is 2.47. The van der Waals surface area contributed by atoms with Crippen molar-refractivity contribution in [3.05, 3.63) is 27.2 Å². The average molecular weight is 362 g/mol. The van der Waals surface area contributed by atoms with Gasteiger partial charge >= 0.3 is 0 Å². The first-order chi connectivity index (χ1) is 8.90. The standard InChI is InChI=1S/C12H12Cl5N2/c1-2-12(17)5-8(6-13)19(18-12)11-9(15)3-7(14)4-10(11)16/h3-4,8H,2,5-6H2,1H3/q+1. The second-order valence-electron chi connectivity index (χ2n) is 4.45. The molecule has 0 aliphatic carbocycles. The first-order valence-corrected chi connectivity index (χ1v) is 7.86. The Morgan fingerprint density at radius 2 is 1.89 bits per heavy atom. The third kappa shape index (κ3) is 3.14. The largest absolute Gasteiger partial charge is 0.269 e. The summed E-state index contributed by atoms with van der Waals surface area (Å²) in [5.41, 5.74) is 0.606. The third-order valence-electron chi connectivity index (χ3n) is 3.11. The van der Waals surface area contributed by atoms with Crippen LogP contribution in [0.15, 0.2) is 17.2 Å². The molecule has 0 spiro atoms. The van der Waals surface area contributed by atoms with Crippen LogP contribution < -0.4 is 0 Å². The van der Waals surface area contributed by atoms with Crippen molar-refractivity contribution >= 4 is 63.7 Å². The summed E-state index contributed by atoms with van der Waals surface area (Å²) < 4.78 is 1.73. The zero-order valence-electron chi connectivity index (χ0n) is 10.1. The highest BCUT2D eigenvalue weighted by Crippen LogP contribution is 2.43. The molecule has 2 nitrogen and oxygen atoms in total. The van der Waals surface area contributed by atoms with Crippen LogP contribution in [0.2, 0.25) is 15.1 Å². The van der Waals surface area contributed by atoms with Crippen molar-refractivity contribution in [3.8, 4) is 0 Å². The monoisotopic (exact) mass is 359 g/mol. The smallest absolute Gasteiger partial charge is 0.119 e. The van der Waals surface area contributed by atoms with Crippen molar-refractivity contribution in [2.45, 2.75) is 30.8 Å². The van der Waals surface area contributed by atoms with Crippen LogP contribution in [-0.4, -0.2) is 21.6 Å². The van der Waals surface area contributed by atoms with Gasteiger partial charge in [-0.15, -0.1) is 11.6 Å². The minimum Gasteiger partial charge on any atom is -0.119 e. The van der Waals surface area contributed by atoms with Crippen molar-refractivity contribution < 1.29 is 4.70 Å². The Morgan fingerprint density at radius 1 is 1.32 bits per heavy atom. The molecule has 1 aromatic carbocycles. The van der Waals surface area contributed by atoms with E-state index in [0.717, 1.165) is 0 Å². The van der Waals surface area contributed by atoms with E-state index in [0.29, 0.717) is 39.5 Å². The molecule has 0 saturated carbocycles. The van der Waals surface area contributed by atoms with Gasteiger partial charge in [0.05, 0.1) is 12.3 Å². The maximum atomic E-state index is 6.43. The summed E-state index contributed by atoms with van der Waals surface area (Å²) in [7, 11) is 0. The Labute approximate surface area is 137 Å². The number of benzene rings is 1. The molecule has 7 heteroatoms. The van der Waals surface area contributed by atoms with Gasteiger partial charge in [-0.3, -0.25) is 0 Å². The van der Waals surface area contributed by atoms with E-state index in [9.17, 15) is 0 Å². The van der Waals surface area contributed by atoms with E-state index in [4.69, 9.17) is 58.0 Å². The highest BCUT2D eigenvalue weighted by atomic mass is 35.5. The van der Waals surface area contributed by atoms with E-state index in [1.807, 2.05) is 6.92 Å². The topological polar surface area (TPSA) is 15.4 Å². The lowest BCUT2D eigenvalue weighted by Gasteiger charge is -2.08. The van der Waals surface area contributed by atoms with Gasteiger partial charge in [0.15, 0.2) is 0 Å². The van der Waals surface area contributed by atoms with E-state index in [1.54, 1.807) is 16.8 Å². The van der Waals surface area contributed by atoms with Crippen molar-refractivity contribution in [3.63, 3.8) is 0 Å². The highest BCUT2D eigenvalue weighted by molar-refractivity contribution is 6.41. The van der Waals surface area contributed by atoms with Gasteiger partial charge in [-0.25, -0.2) is 0 Å². The van der Waals surface area contributed by atoms with E-state index in [1.165, 1.54) is 0 Å². The molecule has 0 amide bonds. The molecule has 1 aliphatic heterocycles. The van der Waals surface area contributed by atoms with E-state index in [2.05, 4.69) is 5.11 Å². The van der Waals surface area contributed by atoms with E-state index >= 15 is 0 Å². The van der Waals surface area contributed by atoms with Crippen LogP contribution >= 0.6 is 58.0 Å². The zero-order valence-corrected chi connectivity index (χ0v) is 13.9. The second kappa shape index (κ2) is 5.95. The molecule has 0 bridgehead atoms. The van der Waals surface area contributed by atoms with Gasteiger partial charge in [-0.1, -0.05) is 58.0 Å². The first-order valence-electron chi connectivity index (χ1n) is 5.81. The third-order valence-corrected chi connectivity index (χ3v) is 4.76. The number of hydrogen-bond acceptors (Lipinski definition) is 1. The van der Waals surface area contributed by atoms with Gasteiger partial charge < -0.3 is 0 Å². The van der Waals surface area contributed by atoms with E-state index in [-0.39, 0.29) is 6.04 Å². The molecule has 0 saturated heterocycles. The Hall–Kier alpha value is 0.270. The molecular weight excluding hydrogens is 349 g/mol. The van der Waals surface area contributed by atoms with Gasteiger partial charge in [-0.2, -0.15) is 0 Å². The van der Waals surface area contributed by atoms with Crippen molar-refractivity contribution in [1.82, 2.24) is 0 Å². The number of azo groups is 2. The molecule has 19 heavy (non-hydrogen) atoms. The molecular formula is C12H12Cl5N2+. The normalized spacial score (nSPS) is 26.6. The molecule has 0 N–H and O–H groups in total. The Kier molecular flexibility index (Phi) is 4.90. The fraction of sp³-hybridized carbons (Fsp3) is 0.500. The molecule has 2 unspecified atom stereocenters. The molecule has 0 fully saturated rings. The van der Waals surface area contributed by atoms with Crippen LogP contribution in [0, 0.1) is 0 Å². The molecule has 0 radical (unpaired) electrons. The van der Waals surface area contributed by atoms with Crippen LogP contribution in [0.25, 0.3) is 0 Å². The van der Waals surface area contributed by atoms with E-state index < -0.39 is 5.00 Å². The Bertz CT molecular complexity index is 508. The lowest BCUT2D eigenvalue weighted by atomic mass is 10.1. The van der Waals surface area contributed by atoms with Gasteiger partial charge in [-0.05, 0) is 23.7 Å². The fourth-order valence-corrected chi connectivity index (χ4v) is 3.57. The first kappa shape index (κ1) is 15.7. The van der Waals surface area contributed by atoms with Crippen LogP contribution in [-0.2, 0) is 0 Å². The van der Waals surface area contributed by atoms with Gasteiger partial charge in [0.1, 0.15) is 10.0 Å². The maximum Gasteiger partial charge on any atom is 0.269 e. The second-order valence-corrected chi connectivity index (χ2v) is 6.71. The molecule has 1 aromatic rings. The van der Waals surface area contributed by atoms with Crippen LogP contribution in [0.4, 0.5) is 5.69 Å². The molecule has 1 heterocycles. The molecule has 104 valence electrons. The number of hydrogen-bond donors (Lipinski definition) is 0. The van der Waals surface area contributed by atoms with Crippen LogP contribution in [0.1, 0.15) is 19.8 Å². The summed E-state index contributed by atoms with van der Waals surface area (Å²) in [4.78, 5) is -0.647. The SMILES string of the molecule is CCC1(Cl)CC(CCl)[N+](c2c(Cl)cc(Cl)cc2Cl)=N1. The number of rotatable bonds is 3. The summed E-state index contributed by atoms with van der Waals surface area (Å²) in [6, 6.07) is 3.23. The zero-order chi connectivity index (χ0) is 14.2. The summed E-state index contributed by atoms with van der Waals surface area (Å²) in [5.74, 6) is 0.396. The number of halogens is 5. The minimum atomic E-state index is -0.647. The number of alkyl halides is 2. The summed E-state index contributed by atoms with van der Waals surface area (Å²) in [5, 5.41) is 5.87. The lowest BCUT2D eigenvalue weighted by Crippen LogP contribution is -2.22. The predicted molar refractivity (Wildman–Crippen MR) is 81.8 cm³/mol. The van der Waals surface area contributed by atoms with Gasteiger partial charge in [0.25, 0.3) is 5.69 Å². The maximum absolute atomic E-state index is 6.43. The average Bonchev–Trinajstić information content (AvgIpc) is 2.66. The van der Waals surface area contributed by atoms with Crippen LogP contribution in [0.5, 0.6) is 0 Å². The number of nitrogens with zero attached hydrogens (tertiary/aromatic N) is 2. The summed E-state index contributed by atoms with van der Waals surface area (Å²) in [6.07, 6.45) is 1.37. The molecule has 2 rings (SSSR count). The fourth-order valence-electron chi connectivity index (χ4n) is 2.08. The predicted octanol–water partition coefficient (Wildman–Crippen LogP) is 6.10. The molecule has 2 atom stereocenters. The van der Waals surface area contributed by atoms with Crippen molar-refractivity contribution in [1.29, 1.82) is 0 Å².